The minimum atomic E-state index is -3.55. The quantitative estimate of drug-likeness (QED) is 0.897. The molecule has 1 unspecified atom stereocenters. The van der Waals surface area contributed by atoms with Gasteiger partial charge in [-0.2, -0.15) is 4.31 Å². The van der Waals surface area contributed by atoms with E-state index in [1.807, 2.05) is 20.8 Å². The number of nitrogens with zero attached hydrogens (tertiary/aromatic N) is 1. The number of nitrogens with one attached hydrogen (secondary N) is 1. The van der Waals surface area contributed by atoms with Crippen LogP contribution in [-0.4, -0.2) is 37.8 Å². The summed E-state index contributed by atoms with van der Waals surface area (Å²) in [4.78, 5) is 12.3. The Morgan fingerprint density at radius 3 is 2.74 bits per heavy atom. The Morgan fingerprint density at radius 2 is 2.09 bits per heavy atom. The van der Waals surface area contributed by atoms with Gasteiger partial charge >= 0.3 is 0 Å². The van der Waals surface area contributed by atoms with Crippen LogP contribution in [-0.2, 0) is 10.0 Å². The number of rotatable bonds is 5. The minimum absolute atomic E-state index is 0.00664. The molecule has 128 valence electrons. The lowest BCUT2D eigenvalue weighted by atomic mass is 10.1. The molecular weight excluding hydrogens is 312 g/mol. The molecule has 1 fully saturated rings. The number of carbonyl (C=O) groups is 1. The molecule has 1 amide bonds. The molecular formula is C17H26N2O3S. The van der Waals surface area contributed by atoms with Crippen molar-refractivity contribution in [3.63, 3.8) is 0 Å². The zero-order valence-corrected chi connectivity index (χ0v) is 14.9. The maximum atomic E-state index is 12.8. The highest BCUT2D eigenvalue weighted by Gasteiger charge is 2.31. The third kappa shape index (κ3) is 4.32. The Balaban J connectivity index is 2.23. The molecule has 0 aromatic heterocycles. The summed E-state index contributed by atoms with van der Waals surface area (Å²) in [5, 5.41) is 2.82. The number of hydrogen-bond acceptors (Lipinski definition) is 3. The molecule has 1 aromatic carbocycles. The Hall–Kier alpha value is -1.40. The smallest absolute Gasteiger partial charge is 0.251 e. The van der Waals surface area contributed by atoms with E-state index in [0.717, 1.165) is 19.3 Å². The maximum Gasteiger partial charge on any atom is 0.251 e. The van der Waals surface area contributed by atoms with Crippen LogP contribution >= 0.6 is 0 Å². The van der Waals surface area contributed by atoms with Crippen LogP contribution in [0.3, 0.4) is 0 Å². The highest BCUT2D eigenvalue weighted by molar-refractivity contribution is 7.89. The lowest BCUT2D eigenvalue weighted by Crippen LogP contribution is -2.42. The van der Waals surface area contributed by atoms with E-state index in [9.17, 15) is 13.2 Å². The van der Waals surface area contributed by atoms with Gasteiger partial charge < -0.3 is 5.32 Å². The molecule has 1 atom stereocenters. The molecule has 1 N–H and O–H groups in total. The summed E-state index contributed by atoms with van der Waals surface area (Å²) in [5.41, 5.74) is 0.386. The summed E-state index contributed by atoms with van der Waals surface area (Å²) in [6, 6.07) is 6.33. The lowest BCUT2D eigenvalue weighted by molar-refractivity contribution is 0.0949. The van der Waals surface area contributed by atoms with Crippen LogP contribution in [0.15, 0.2) is 29.2 Å². The van der Waals surface area contributed by atoms with Crippen molar-refractivity contribution in [1.82, 2.24) is 9.62 Å². The van der Waals surface area contributed by atoms with E-state index in [1.54, 1.807) is 22.5 Å². The van der Waals surface area contributed by atoms with Crippen molar-refractivity contribution in [1.29, 1.82) is 0 Å². The third-order valence-electron chi connectivity index (χ3n) is 4.12. The van der Waals surface area contributed by atoms with E-state index in [1.165, 1.54) is 6.07 Å². The van der Waals surface area contributed by atoms with E-state index >= 15 is 0 Å². The number of hydrogen-bond donors (Lipinski definition) is 1. The fourth-order valence-corrected chi connectivity index (χ4v) is 4.51. The second kappa shape index (κ2) is 7.45. The molecule has 0 aliphatic carbocycles. The van der Waals surface area contributed by atoms with Gasteiger partial charge in [-0.3, -0.25) is 4.79 Å². The van der Waals surface area contributed by atoms with Crippen LogP contribution in [0.2, 0.25) is 0 Å². The van der Waals surface area contributed by atoms with Crippen LogP contribution < -0.4 is 5.32 Å². The molecule has 1 heterocycles. The normalized spacial score (nSPS) is 19.7. The fraction of sp³-hybridized carbons (Fsp3) is 0.588. The van der Waals surface area contributed by atoms with Gasteiger partial charge in [-0.05, 0) is 43.9 Å². The summed E-state index contributed by atoms with van der Waals surface area (Å²) in [6.07, 6.45) is 2.83. The van der Waals surface area contributed by atoms with Gasteiger partial charge in [-0.25, -0.2) is 8.42 Å². The number of piperidine rings is 1. The molecule has 0 bridgehead atoms. The summed E-state index contributed by atoms with van der Waals surface area (Å²) in [5.74, 6) is 0.113. The molecule has 6 heteroatoms. The first-order chi connectivity index (χ1) is 10.8. The van der Waals surface area contributed by atoms with Crippen molar-refractivity contribution in [3.8, 4) is 0 Å². The Labute approximate surface area is 139 Å². The van der Waals surface area contributed by atoms with Crippen LogP contribution in [0.5, 0.6) is 0 Å². The average molecular weight is 338 g/mol. The van der Waals surface area contributed by atoms with Crippen molar-refractivity contribution < 1.29 is 13.2 Å². The predicted octanol–water partition coefficient (Wildman–Crippen LogP) is 2.64. The molecule has 0 radical (unpaired) electrons. The zero-order valence-electron chi connectivity index (χ0n) is 14.1. The Morgan fingerprint density at radius 1 is 1.35 bits per heavy atom. The zero-order chi connectivity index (χ0) is 17.0. The van der Waals surface area contributed by atoms with E-state index in [-0.39, 0.29) is 16.8 Å². The standard InChI is InChI=1S/C17H26N2O3S/c1-13(2)12-18-17(20)15-8-6-9-16(11-15)23(21,22)19-10-5-4-7-14(19)3/h6,8-9,11,13-14H,4-5,7,10,12H2,1-3H3,(H,18,20). The largest absolute Gasteiger partial charge is 0.352 e. The molecule has 2 rings (SSSR count). The Bertz CT molecular complexity index is 656. The highest BCUT2D eigenvalue weighted by atomic mass is 32.2. The molecule has 5 nitrogen and oxygen atoms in total. The van der Waals surface area contributed by atoms with Crippen molar-refractivity contribution in [2.45, 2.75) is 51.0 Å². The van der Waals surface area contributed by atoms with E-state index in [0.29, 0.717) is 24.6 Å². The number of sulfonamides is 1. The van der Waals surface area contributed by atoms with Crippen molar-refractivity contribution in [2.24, 2.45) is 5.92 Å². The summed E-state index contributed by atoms with van der Waals surface area (Å²) in [7, 11) is -3.55. The molecule has 1 aliphatic rings. The van der Waals surface area contributed by atoms with Gasteiger partial charge in [-0.15, -0.1) is 0 Å². The average Bonchev–Trinajstić information content (AvgIpc) is 2.53. The number of carbonyl (C=O) groups excluding carboxylic acids is 1. The molecule has 0 saturated carbocycles. The molecule has 1 aromatic rings. The van der Waals surface area contributed by atoms with Crippen LogP contribution in [0.25, 0.3) is 0 Å². The topological polar surface area (TPSA) is 66.5 Å². The highest BCUT2D eigenvalue weighted by Crippen LogP contribution is 2.25. The summed E-state index contributed by atoms with van der Waals surface area (Å²) in [6.45, 7) is 7.08. The maximum absolute atomic E-state index is 12.8. The van der Waals surface area contributed by atoms with Gasteiger partial charge in [0.2, 0.25) is 10.0 Å². The van der Waals surface area contributed by atoms with E-state index in [2.05, 4.69) is 5.32 Å². The van der Waals surface area contributed by atoms with Gasteiger partial charge in [0.05, 0.1) is 4.90 Å². The van der Waals surface area contributed by atoms with Gasteiger partial charge in [-0.1, -0.05) is 26.3 Å². The van der Waals surface area contributed by atoms with Crippen molar-refractivity contribution in [3.05, 3.63) is 29.8 Å². The predicted molar refractivity (Wildman–Crippen MR) is 90.8 cm³/mol. The Kier molecular flexibility index (Phi) is 5.81. The summed E-state index contributed by atoms with van der Waals surface area (Å²) >= 11 is 0. The van der Waals surface area contributed by atoms with Crippen LogP contribution in [0, 0.1) is 5.92 Å². The number of benzene rings is 1. The monoisotopic (exact) mass is 338 g/mol. The summed E-state index contributed by atoms with van der Waals surface area (Å²) < 4.78 is 27.2. The number of amides is 1. The first-order valence-corrected chi connectivity index (χ1v) is 9.66. The van der Waals surface area contributed by atoms with Gasteiger partial charge in [0.15, 0.2) is 0 Å². The minimum Gasteiger partial charge on any atom is -0.352 e. The molecule has 1 aliphatic heterocycles. The first-order valence-electron chi connectivity index (χ1n) is 8.22. The van der Waals surface area contributed by atoms with Crippen LogP contribution in [0.1, 0.15) is 50.4 Å². The third-order valence-corrected chi connectivity index (χ3v) is 6.13. The van der Waals surface area contributed by atoms with Crippen molar-refractivity contribution in [2.75, 3.05) is 13.1 Å². The molecule has 0 spiro atoms. The van der Waals surface area contributed by atoms with Gasteiger partial charge in [0.25, 0.3) is 5.91 Å². The first kappa shape index (κ1) is 17.9. The molecule has 23 heavy (non-hydrogen) atoms. The van der Waals surface area contributed by atoms with Crippen LogP contribution in [0.4, 0.5) is 0 Å². The van der Waals surface area contributed by atoms with E-state index < -0.39 is 10.0 Å². The second-order valence-electron chi connectivity index (χ2n) is 6.59. The second-order valence-corrected chi connectivity index (χ2v) is 8.48. The van der Waals surface area contributed by atoms with Gasteiger partial charge in [0.1, 0.15) is 0 Å². The van der Waals surface area contributed by atoms with Gasteiger partial charge in [0, 0.05) is 24.7 Å². The fourth-order valence-electron chi connectivity index (χ4n) is 2.76. The SMILES string of the molecule is CC(C)CNC(=O)c1cccc(S(=O)(=O)N2CCCCC2C)c1. The van der Waals surface area contributed by atoms with Crippen molar-refractivity contribution >= 4 is 15.9 Å². The van der Waals surface area contributed by atoms with E-state index in [4.69, 9.17) is 0 Å². The molecule has 1 saturated heterocycles. The lowest BCUT2D eigenvalue weighted by Gasteiger charge is -2.32.